The largest absolute Gasteiger partial charge is 0.399 e. The first kappa shape index (κ1) is 13.0. The molecule has 0 fully saturated rings. The monoisotopic (exact) mass is 304 g/mol. The first-order valence-corrected chi connectivity index (χ1v) is 6.68. The van der Waals surface area contributed by atoms with Crippen molar-refractivity contribution in [1.29, 1.82) is 0 Å². The maximum atomic E-state index is 5.75. The number of nitrogens with zero attached hydrogens (tertiary/aromatic N) is 1. The maximum absolute atomic E-state index is 5.75. The lowest BCUT2D eigenvalue weighted by Gasteiger charge is -2.22. The zero-order valence-corrected chi connectivity index (χ0v) is 12.2. The third-order valence-corrected chi connectivity index (χ3v) is 3.75. The molecule has 2 aromatic rings. The van der Waals surface area contributed by atoms with E-state index in [-0.39, 0.29) is 0 Å². The number of anilines is 2. The van der Waals surface area contributed by atoms with Crippen molar-refractivity contribution in [3.05, 3.63) is 58.1 Å². The average molecular weight is 305 g/mol. The fourth-order valence-corrected chi connectivity index (χ4v) is 2.55. The van der Waals surface area contributed by atoms with Gasteiger partial charge in [0.2, 0.25) is 0 Å². The van der Waals surface area contributed by atoms with Crippen molar-refractivity contribution < 1.29 is 0 Å². The molecular weight excluding hydrogens is 288 g/mol. The molecular formula is C15H17BrN2. The molecule has 0 aliphatic carbocycles. The molecule has 0 bridgehead atoms. The maximum Gasteiger partial charge on any atom is 0.0437 e. The highest BCUT2D eigenvalue weighted by molar-refractivity contribution is 9.10. The molecule has 0 saturated carbocycles. The normalized spacial score (nSPS) is 10.4. The number of halogens is 1. The number of nitrogen functional groups attached to an aromatic ring is 1. The molecule has 3 heteroatoms. The topological polar surface area (TPSA) is 29.3 Å². The van der Waals surface area contributed by atoms with E-state index in [0.29, 0.717) is 0 Å². The van der Waals surface area contributed by atoms with Crippen LogP contribution in [0.4, 0.5) is 11.4 Å². The van der Waals surface area contributed by atoms with Crippen molar-refractivity contribution in [2.24, 2.45) is 0 Å². The van der Waals surface area contributed by atoms with Gasteiger partial charge in [-0.05, 0) is 36.2 Å². The molecule has 2 nitrogen and oxygen atoms in total. The molecule has 2 rings (SSSR count). The highest BCUT2D eigenvalue weighted by Crippen LogP contribution is 2.24. The van der Waals surface area contributed by atoms with E-state index < -0.39 is 0 Å². The van der Waals surface area contributed by atoms with E-state index in [1.165, 1.54) is 16.8 Å². The summed E-state index contributed by atoms with van der Waals surface area (Å²) in [6, 6.07) is 14.3. The van der Waals surface area contributed by atoms with Crippen LogP contribution in [0.1, 0.15) is 11.1 Å². The third kappa shape index (κ3) is 2.85. The molecule has 0 aliphatic rings. The van der Waals surface area contributed by atoms with Crippen LogP contribution < -0.4 is 10.6 Å². The van der Waals surface area contributed by atoms with Gasteiger partial charge in [0.1, 0.15) is 0 Å². The first-order chi connectivity index (χ1) is 8.58. The van der Waals surface area contributed by atoms with Gasteiger partial charge in [-0.25, -0.2) is 0 Å². The second kappa shape index (κ2) is 5.44. The Morgan fingerprint density at radius 3 is 2.56 bits per heavy atom. The number of benzene rings is 2. The van der Waals surface area contributed by atoms with Gasteiger partial charge in [-0.1, -0.05) is 40.2 Å². The van der Waals surface area contributed by atoms with Crippen molar-refractivity contribution in [3.8, 4) is 0 Å². The van der Waals surface area contributed by atoms with Gasteiger partial charge in [-0.15, -0.1) is 0 Å². The van der Waals surface area contributed by atoms with Crippen LogP contribution in [0.3, 0.4) is 0 Å². The van der Waals surface area contributed by atoms with Crippen LogP contribution >= 0.6 is 15.9 Å². The van der Waals surface area contributed by atoms with Crippen LogP contribution in [-0.2, 0) is 6.54 Å². The van der Waals surface area contributed by atoms with Crippen molar-refractivity contribution >= 4 is 27.3 Å². The smallest absolute Gasteiger partial charge is 0.0437 e. The molecule has 0 aromatic heterocycles. The SMILES string of the molecule is Cc1ccccc1N(C)Cc1ccc(N)cc1Br. The molecule has 0 amide bonds. The summed E-state index contributed by atoms with van der Waals surface area (Å²) >= 11 is 3.56. The fraction of sp³-hybridized carbons (Fsp3) is 0.200. The second-order valence-corrected chi connectivity index (χ2v) is 5.35. The molecule has 2 aromatic carbocycles. The van der Waals surface area contributed by atoms with E-state index >= 15 is 0 Å². The fourth-order valence-electron chi connectivity index (χ4n) is 2.02. The summed E-state index contributed by atoms with van der Waals surface area (Å²) in [4.78, 5) is 2.24. The van der Waals surface area contributed by atoms with Gasteiger partial charge in [-0.2, -0.15) is 0 Å². The van der Waals surface area contributed by atoms with E-state index in [9.17, 15) is 0 Å². The van der Waals surface area contributed by atoms with Crippen LogP contribution in [0.2, 0.25) is 0 Å². The number of nitrogens with two attached hydrogens (primary N) is 1. The molecule has 0 saturated heterocycles. The summed E-state index contributed by atoms with van der Waals surface area (Å²) in [6.45, 7) is 2.98. The molecule has 0 heterocycles. The zero-order valence-electron chi connectivity index (χ0n) is 10.7. The van der Waals surface area contributed by atoms with Crippen LogP contribution in [0.25, 0.3) is 0 Å². The lowest BCUT2D eigenvalue weighted by molar-refractivity contribution is 0.913. The van der Waals surface area contributed by atoms with Crippen LogP contribution in [-0.4, -0.2) is 7.05 Å². The van der Waals surface area contributed by atoms with E-state index in [1.807, 2.05) is 12.1 Å². The van der Waals surface area contributed by atoms with Gasteiger partial charge in [0.25, 0.3) is 0 Å². The second-order valence-electron chi connectivity index (χ2n) is 4.49. The zero-order chi connectivity index (χ0) is 13.1. The Kier molecular flexibility index (Phi) is 3.92. The Labute approximate surface area is 117 Å². The minimum atomic E-state index is 0.782. The molecule has 18 heavy (non-hydrogen) atoms. The third-order valence-electron chi connectivity index (χ3n) is 3.01. The van der Waals surface area contributed by atoms with Crippen molar-refractivity contribution in [1.82, 2.24) is 0 Å². The van der Waals surface area contributed by atoms with Crippen molar-refractivity contribution in [2.75, 3.05) is 17.7 Å². The van der Waals surface area contributed by atoms with E-state index in [4.69, 9.17) is 5.73 Å². The summed E-state index contributed by atoms with van der Waals surface area (Å²) in [5, 5.41) is 0. The Morgan fingerprint density at radius 1 is 1.17 bits per heavy atom. The highest BCUT2D eigenvalue weighted by Gasteiger charge is 2.07. The molecule has 0 unspecified atom stereocenters. The van der Waals surface area contributed by atoms with E-state index in [1.54, 1.807) is 0 Å². The predicted octanol–water partition coefficient (Wildman–Crippen LogP) is 3.98. The van der Waals surface area contributed by atoms with E-state index in [2.05, 4.69) is 65.1 Å². The van der Waals surface area contributed by atoms with Gasteiger partial charge >= 0.3 is 0 Å². The Bertz CT molecular complexity index is 552. The van der Waals surface area contributed by atoms with Crippen LogP contribution in [0.5, 0.6) is 0 Å². The van der Waals surface area contributed by atoms with E-state index in [0.717, 1.165) is 16.7 Å². The lowest BCUT2D eigenvalue weighted by atomic mass is 10.1. The lowest BCUT2D eigenvalue weighted by Crippen LogP contribution is -2.17. The van der Waals surface area contributed by atoms with Crippen molar-refractivity contribution in [2.45, 2.75) is 13.5 Å². The Balaban J connectivity index is 2.21. The molecule has 0 aliphatic heterocycles. The van der Waals surface area contributed by atoms with Gasteiger partial charge < -0.3 is 10.6 Å². The van der Waals surface area contributed by atoms with Gasteiger partial charge in [0, 0.05) is 29.4 Å². The highest BCUT2D eigenvalue weighted by atomic mass is 79.9. The first-order valence-electron chi connectivity index (χ1n) is 5.88. The standard InChI is InChI=1S/C15H17BrN2/c1-11-5-3-4-6-15(11)18(2)10-12-7-8-13(17)9-14(12)16/h3-9H,10,17H2,1-2H3. The number of hydrogen-bond donors (Lipinski definition) is 1. The molecule has 94 valence electrons. The average Bonchev–Trinajstić information content (AvgIpc) is 2.33. The van der Waals surface area contributed by atoms with Gasteiger partial charge in [0.05, 0.1) is 0 Å². The van der Waals surface area contributed by atoms with Crippen molar-refractivity contribution in [3.63, 3.8) is 0 Å². The molecule has 0 atom stereocenters. The minimum Gasteiger partial charge on any atom is -0.399 e. The molecule has 2 N–H and O–H groups in total. The number of para-hydroxylation sites is 1. The number of rotatable bonds is 3. The van der Waals surface area contributed by atoms with Crippen LogP contribution in [0.15, 0.2) is 46.9 Å². The summed E-state index contributed by atoms with van der Waals surface area (Å²) < 4.78 is 1.06. The quantitative estimate of drug-likeness (QED) is 0.869. The van der Waals surface area contributed by atoms with Gasteiger partial charge in [0.15, 0.2) is 0 Å². The summed E-state index contributed by atoms with van der Waals surface area (Å²) in [5.41, 5.74) is 10.3. The summed E-state index contributed by atoms with van der Waals surface area (Å²) in [7, 11) is 2.10. The predicted molar refractivity (Wildman–Crippen MR) is 81.8 cm³/mol. The Hall–Kier alpha value is -1.48. The van der Waals surface area contributed by atoms with Gasteiger partial charge in [-0.3, -0.25) is 0 Å². The molecule has 0 radical (unpaired) electrons. The minimum absolute atomic E-state index is 0.782. The van der Waals surface area contributed by atoms with Crippen LogP contribution in [0, 0.1) is 6.92 Å². The number of aryl methyl sites for hydroxylation is 1. The summed E-state index contributed by atoms with van der Waals surface area (Å²) in [6.07, 6.45) is 0. The summed E-state index contributed by atoms with van der Waals surface area (Å²) in [5.74, 6) is 0. The molecule has 0 spiro atoms. The number of hydrogen-bond acceptors (Lipinski definition) is 2. The Morgan fingerprint density at radius 2 is 1.89 bits per heavy atom.